The fraction of sp³-hybridized carbons (Fsp3) is 0.476. The van der Waals surface area contributed by atoms with E-state index in [4.69, 9.17) is 4.74 Å². The Bertz CT molecular complexity index is 883. The van der Waals surface area contributed by atoms with Gasteiger partial charge in [-0.1, -0.05) is 30.3 Å². The number of amides is 3. The fourth-order valence-corrected chi connectivity index (χ4v) is 2.48. The van der Waals surface area contributed by atoms with E-state index < -0.39 is 23.5 Å². The number of nitrogens with one attached hydrogen (secondary N) is 3. The third kappa shape index (κ3) is 9.45. The largest absolute Gasteiger partial charge is 0.444 e. The Balaban J connectivity index is 1.62. The average molecular weight is 444 g/mol. The van der Waals surface area contributed by atoms with Gasteiger partial charge >= 0.3 is 6.09 Å². The standard InChI is InChI=1S/C21H29N7O4/c1-21(2,3)32-20(31)23-13-9-5-8-12-22-18(29)16-25-27-17(28-26-16)19(30)24-14-15-10-6-4-7-11-15/h4,6-7,10-11H,5,8-9,12-14H2,1-3H3,(H,22,29)(H,23,31)(H,24,30). The van der Waals surface area contributed by atoms with Crippen molar-refractivity contribution >= 4 is 17.9 Å². The normalized spacial score (nSPS) is 10.8. The summed E-state index contributed by atoms with van der Waals surface area (Å²) in [6.45, 7) is 6.63. The second kappa shape index (κ2) is 12.3. The summed E-state index contributed by atoms with van der Waals surface area (Å²) in [7, 11) is 0. The molecule has 3 N–H and O–H groups in total. The summed E-state index contributed by atoms with van der Waals surface area (Å²) in [5, 5.41) is 22.7. The quantitative estimate of drug-likeness (QED) is 0.469. The predicted octanol–water partition coefficient (Wildman–Crippen LogP) is 1.62. The minimum atomic E-state index is -0.527. The lowest BCUT2D eigenvalue weighted by molar-refractivity contribution is 0.0526. The lowest BCUT2D eigenvalue weighted by Crippen LogP contribution is -2.33. The summed E-state index contributed by atoms with van der Waals surface area (Å²) >= 11 is 0. The molecule has 0 aliphatic rings. The van der Waals surface area contributed by atoms with Crippen molar-refractivity contribution in [3.05, 3.63) is 47.5 Å². The number of ether oxygens (including phenoxy) is 1. The van der Waals surface area contributed by atoms with Crippen LogP contribution in [0.15, 0.2) is 30.3 Å². The van der Waals surface area contributed by atoms with Crippen molar-refractivity contribution in [1.29, 1.82) is 0 Å². The van der Waals surface area contributed by atoms with Crippen LogP contribution in [0.4, 0.5) is 4.79 Å². The highest BCUT2D eigenvalue weighted by molar-refractivity contribution is 5.91. The van der Waals surface area contributed by atoms with E-state index in [-0.39, 0.29) is 11.6 Å². The maximum atomic E-state index is 12.1. The van der Waals surface area contributed by atoms with Crippen LogP contribution >= 0.6 is 0 Å². The number of aromatic nitrogens is 4. The molecule has 2 rings (SSSR count). The van der Waals surface area contributed by atoms with Crippen LogP contribution in [-0.2, 0) is 11.3 Å². The van der Waals surface area contributed by atoms with Crippen molar-refractivity contribution in [2.24, 2.45) is 0 Å². The van der Waals surface area contributed by atoms with Gasteiger partial charge in [-0.25, -0.2) is 4.79 Å². The van der Waals surface area contributed by atoms with Gasteiger partial charge < -0.3 is 20.7 Å². The van der Waals surface area contributed by atoms with E-state index in [1.807, 2.05) is 30.3 Å². The first-order chi connectivity index (χ1) is 15.2. The maximum absolute atomic E-state index is 12.1. The molecule has 0 aliphatic carbocycles. The molecule has 0 saturated heterocycles. The van der Waals surface area contributed by atoms with Crippen molar-refractivity contribution in [3.63, 3.8) is 0 Å². The predicted molar refractivity (Wildman–Crippen MR) is 116 cm³/mol. The first-order valence-corrected chi connectivity index (χ1v) is 10.4. The number of carbonyl (C=O) groups is 3. The van der Waals surface area contributed by atoms with E-state index >= 15 is 0 Å². The minimum Gasteiger partial charge on any atom is -0.444 e. The van der Waals surface area contributed by atoms with E-state index in [9.17, 15) is 14.4 Å². The third-order valence-electron chi connectivity index (χ3n) is 3.99. The van der Waals surface area contributed by atoms with Crippen molar-refractivity contribution in [1.82, 2.24) is 36.3 Å². The van der Waals surface area contributed by atoms with Gasteiger partial charge in [0.1, 0.15) is 5.60 Å². The molecular formula is C21H29N7O4. The Labute approximate surface area is 186 Å². The molecule has 11 heteroatoms. The summed E-state index contributed by atoms with van der Waals surface area (Å²) in [4.78, 5) is 35.6. The maximum Gasteiger partial charge on any atom is 0.407 e. The molecule has 0 fully saturated rings. The summed E-state index contributed by atoms with van der Waals surface area (Å²) in [6, 6.07) is 9.38. The first kappa shape index (κ1) is 24.6. The lowest BCUT2D eigenvalue weighted by Gasteiger charge is -2.19. The minimum absolute atomic E-state index is 0.212. The van der Waals surface area contributed by atoms with Crippen LogP contribution in [0.1, 0.15) is 66.8 Å². The van der Waals surface area contributed by atoms with Crippen LogP contribution in [-0.4, -0.2) is 57.0 Å². The van der Waals surface area contributed by atoms with E-state index in [0.29, 0.717) is 26.1 Å². The molecule has 0 bridgehead atoms. The van der Waals surface area contributed by atoms with E-state index in [1.165, 1.54) is 0 Å². The highest BCUT2D eigenvalue weighted by Gasteiger charge is 2.16. The molecule has 0 atom stereocenters. The van der Waals surface area contributed by atoms with Crippen molar-refractivity contribution < 1.29 is 19.1 Å². The van der Waals surface area contributed by atoms with Crippen LogP contribution in [0, 0.1) is 0 Å². The Hall–Kier alpha value is -3.63. The van der Waals surface area contributed by atoms with E-state index in [0.717, 1.165) is 18.4 Å². The van der Waals surface area contributed by atoms with Gasteiger partial charge in [-0.2, -0.15) is 0 Å². The van der Waals surface area contributed by atoms with Gasteiger partial charge in [0.15, 0.2) is 0 Å². The van der Waals surface area contributed by atoms with Gasteiger partial charge in [0.25, 0.3) is 23.5 Å². The molecule has 0 spiro atoms. The number of unbranched alkanes of at least 4 members (excludes halogenated alkanes) is 2. The lowest BCUT2D eigenvalue weighted by atomic mass is 10.2. The molecule has 1 heterocycles. The number of carbonyl (C=O) groups excluding carboxylic acids is 3. The number of hydrogen-bond donors (Lipinski definition) is 3. The molecule has 0 unspecified atom stereocenters. The Morgan fingerprint density at radius 1 is 0.781 bits per heavy atom. The van der Waals surface area contributed by atoms with E-state index in [1.54, 1.807) is 20.8 Å². The van der Waals surface area contributed by atoms with Gasteiger partial charge in [0, 0.05) is 19.6 Å². The molecule has 0 radical (unpaired) electrons. The SMILES string of the molecule is CC(C)(C)OC(=O)NCCCCCNC(=O)c1nnc(C(=O)NCc2ccccc2)nn1. The highest BCUT2D eigenvalue weighted by Crippen LogP contribution is 2.06. The van der Waals surface area contributed by atoms with E-state index in [2.05, 4.69) is 36.3 Å². The van der Waals surface area contributed by atoms with Crippen LogP contribution in [0.2, 0.25) is 0 Å². The van der Waals surface area contributed by atoms with Gasteiger partial charge in [-0.15, -0.1) is 20.4 Å². The fourth-order valence-electron chi connectivity index (χ4n) is 2.48. The molecule has 0 aliphatic heterocycles. The molecule has 0 saturated carbocycles. The van der Waals surface area contributed by atoms with Gasteiger partial charge in [-0.05, 0) is 45.6 Å². The number of rotatable bonds is 10. The van der Waals surface area contributed by atoms with Crippen molar-refractivity contribution in [2.75, 3.05) is 13.1 Å². The Morgan fingerprint density at radius 2 is 1.31 bits per heavy atom. The zero-order valence-electron chi connectivity index (χ0n) is 18.6. The number of alkyl carbamates (subject to hydrolysis) is 1. The summed E-state index contributed by atoms with van der Waals surface area (Å²) in [6.07, 6.45) is 1.82. The van der Waals surface area contributed by atoms with Crippen molar-refractivity contribution in [3.8, 4) is 0 Å². The number of benzene rings is 1. The highest BCUT2D eigenvalue weighted by atomic mass is 16.6. The second-order valence-electron chi connectivity index (χ2n) is 7.96. The van der Waals surface area contributed by atoms with Gasteiger partial charge in [0.05, 0.1) is 0 Å². The first-order valence-electron chi connectivity index (χ1n) is 10.4. The zero-order chi connectivity index (χ0) is 23.4. The topological polar surface area (TPSA) is 148 Å². The number of hydrogen-bond acceptors (Lipinski definition) is 8. The van der Waals surface area contributed by atoms with Crippen LogP contribution < -0.4 is 16.0 Å². The van der Waals surface area contributed by atoms with Crippen LogP contribution in [0.25, 0.3) is 0 Å². The number of nitrogens with zero attached hydrogens (tertiary/aromatic N) is 4. The van der Waals surface area contributed by atoms with Crippen molar-refractivity contribution in [2.45, 2.75) is 52.2 Å². The molecule has 3 amide bonds. The van der Waals surface area contributed by atoms with Gasteiger partial charge in [0.2, 0.25) is 0 Å². The van der Waals surface area contributed by atoms with Gasteiger partial charge in [-0.3, -0.25) is 9.59 Å². The van der Waals surface area contributed by atoms with Crippen LogP contribution in [0.3, 0.4) is 0 Å². The average Bonchev–Trinajstić information content (AvgIpc) is 2.76. The second-order valence-corrected chi connectivity index (χ2v) is 7.96. The molecule has 32 heavy (non-hydrogen) atoms. The molecule has 1 aromatic heterocycles. The molecule has 2 aromatic rings. The smallest absolute Gasteiger partial charge is 0.407 e. The molecule has 11 nitrogen and oxygen atoms in total. The summed E-state index contributed by atoms with van der Waals surface area (Å²) in [5.74, 6) is -1.47. The third-order valence-corrected chi connectivity index (χ3v) is 3.99. The zero-order valence-corrected chi connectivity index (χ0v) is 18.6. The van der Waals surface area contributed by atoms with Crippen LogP contribution in [0.5, 0.6) is 0 Å². The Morgan fingerprint density at radius 3 is 1.88 bits per heavy atom. The molecular weight excluding hydrogens is 414 g/mol. The monoisotopic (exact) mass is 443 g/mol. The molecule has 1 aromatic carbocycles. The Kier molecular flexibility index (Phi) is 9.45. The molecule has 172 valence electrons. The summed E-state index contributed by atoms with van der Waals surface area (Å²) in [5.41, 5.74) is 0.406. The summed E-state index contributed by atoms with van der Waals surface area (Å²) < 4.78 is 5.14.